The first-order chi connectivity index (χ1) is 6.79. The Morgan fingerprint density at radius 2 is 2.36 bits per heavy atom. The fourth-order valence-corrected chi connectivity index (χ4v) is 2.51. The van der Waals surface area contributed by atoms with Crippen molar-refractivity contribution in [3.05, 3.63) is 23.4 Å². The van der Waals surface area contributed by atoms with Gasteiger partial charge in [-0.15, -0.1) is 11.8 Å². The highest BCUT2D eigenvalue weighted by Gasteiger charge is 2.13. The maximum atomic E-state index is 8.94. The van der Waals surface area contributed by atoms with E-state index in [9.17, 15) is 0 Å². The number of rotatable bonds is 3. The molecule has 0 radical (unpaired) electrons. The van der Waals surface area contributed by atoms with Gasteiger partial charge < -0.3 is 5.11 Å². The van der Waals surface area contributed by atoms with Gasteiger partial charge >= 0.3 is 0 Å². The molecule has 0 aromatic carbocycles. The predicted molar refractivity (Wildman–Crippen MR) is 58.7 cm³/mol. The maximum absolute atomic E-state index is 8.94. The molecule has 0 saturated heterocycles. The second-order valence-electron chi connectivity index (χ2n) is 3.72. The van der Waals surface area contributed by atoms with Crippen LogP contribution in [0.4, 0.5) is 0 Å². The Balaban J connectivity index is 2.12. The zero-order chi connectivity index (χ0) is 9.97. The van der Waals surface area contributed by atoms with Gasteiger partial charge in [0.1, 0.15) is 0 Å². The van der Waals surface area contributed by atoms with Crippen molar-refractivity contribution in [2.75, 3.05) is 6.61 Å². The molecule has 1 N–H and O–H groups in total. The lowest BCUT2D eigenvalue weighted by Gasteiger charge is -2.07. The van der Waals surface area contributed by atoms with Gasteiger partial charge in [0, 0.05) is 10.9 Å². The Morgan fingerprint density at radius 1 is 1.50 bits per heavy atom. The van der Waals surface area contributed by atoms with Crippen LogP contribution in [0, 0.1) is 0 Å². The zero-order valence-electron chi connectivity index (χ0n) is 8.36. The number of hydrogen-bond acceptors (Lipinski definition) is 3. The van der Waals surface area contributed by atoms with Crippen LogP contribution in [0.25, 0.3) is 0 Å². The van der Waals surface area contributed by atoms with Crippen LogP contribution in [-0.2, 0) is 12.8 Å². The molecule has 1 heterocycles. The van der Waals surface area contributed by atoms with E-state index in [4.69, 9.17) is 5.11 Å². The van der Waals surface area contributed by atoms with Gasteiger partial charge in [0.15, 0.2) is 0 Å². The third-order valence-corrected chi connectivity index (χ3v) is 3.50. The van der Waals surface area contributed by atoms with Gasteiger partial charge in [0.05, 0.1) is 11.6 Å². The average molecular weight is 209 g/mol. The van der Waals surface area contributed by atoms with E-state index in [0.717, 1.165) is 11.4 Å². The molecule has 1 aromatic rings. The summed E-state index contributed by atoms with van der Waals surface area (Å²) < 4.78 is 0. The lowest BCUT2D eigenvalue weighted by Crippen LogP contribution is -2.02. The van der Waals surface area contributed by atoms with Crippen molar-refractivity contribution in [3.63, 3.8) is 0 Å². The smallest absolute Gasteiger partial charge is 0.0966 e. The minimum absolute atomic E-state index is 0.212. The van der Waals surface area contributed by atoms with Gasteiger partial charge in [-0.2, -0.15) is 0 Å². The molecule has 0 aliphatic heterocycles. The molecule has 2 rings (SSSR count). The van der Waals surface area contributed by atoms with Crippen LogP contribution in [0.5, 0.6) is 0 Å². The Hall–Kier alpha value is -0.540. The van der Waals surface area contributed by atoms with Gasteiger partial charge in [-0.3, -0.25) is 0 Å². The molecule has 76 valence electrons. The molecule has 1 aromatic heterocycles. The topological polar surface area (TPSA) is 33.1 Å². The molecule has 0 amide bonds. The minimum Gasteiger partial charge on any atom is -0.395 e. The predicted octanol–water partition coefficient (Wildman–Crippen LogP) is 2.04. The Morgan fingerprint density at radius 3 is 3.14 bits per heavy atom. The highest BCUT2D eigenvalue weighted by Crippen LogP contribution is 2.26. The van der Waals surface area contributed by atoms with E-state index in [1.54, 1.807) is 11.8 Å². The van der Waals surface area contributed by atoms with Crippen molar-refractivity contribution in [2.45, 2.75) is 36.5 Å². The molecule has 0 spiro atoms. The normalized spacial score (nSPS) is 16.7. The molecule has 0 fully saturated rings. The van der Waals surface area contributed by atoms with Gasteiger partial charge in [-0.1, -0.05) is 13.0 Å². The molecule has 3 heteroatoms. The van der Waals surface area contributed by atoms with Crippen LogP contribution in [0.3, 0.4) is 0 Å². The lowest BCUT2D eigenvalue weighted by atomic mass is 10.2. The summed E-state index contributed by atoms with van der Waals surface area (Å²) in [6, 6.07) is 4.25. The van der Waals surface area contributed by atoms with Crippen molar-refractivity contribution in [1.29, 1.82) is 0 Å². The summed E-state index contributed by atoms with van der Waals surface area (Å²) in [5.41, 5.74) is 2.67. The highest BCUT2D eigenvalue weighted by molar-refractivity contribution is 7.99. The number of fused-ring (bicyclic) bond motifs is 1. The first-order valence-electron chi connectivity index (χ1n) is 5.06. The Labute approximate surface area is 88.8 Å². The molecular weight excluding hydrogens is 194 g/mol. The van der Waals surface area contributed by atoms with Crippen molar-refractivity contribution < 1.29 is 5.11 Å². The summed E-state index contributed by atoms with van der Waals surface area (Å²) in [6.07, 6.45) is 3.55. The molecule has 1 aliphatic carbocycles. The number of aliphatic hydroxyl groups is 1. The Kier molecular flexibility index (Phi) is 3.08. The fraction of sp³-hybridized carbons (Fsp3) is 0.545. The third-order valence-electron chi connectivity index (χ3n) is 2.48. The van der Waals surface area contributed by atoms with E-state index < -0.39 is 0 Å². The minimum atomic E-state index is 0.212. The Bertz CT molecular complexity index is 327. The number of thioether (sulfide) groups is 1. The molecule has 2 nitrogen and oxygen atoms in total. The number of nitrogens with zero attached hydrogens (tertiary/aromatic N) is 1. The van der Waals surface area contributed by atoms with Gasteiger partial charge in [-0.25, -0.2) is 4.98 Å². The lowest BCUT2D eigenvalue weighted by molar-refractivity contribution is 0.300. The second kappa shape index (κ2) is 4.32. The van der Waals surface area contributed by atoms with E-state index >= 15 is 0 Å². The van der Waals surface area contributed by atoms with Gasteiger partial charge in [-0.05, 0) is 30.9 Å². The second-order valence-corrected chi connectivity index (χ2v) is 5.18. The zero-order valence-corrected chi connectivity index (χ0v) is 9.18. The van der Waals surface area contributed by atoms with Crippen LogP contribution in [0.15, 0.2) is 17.2 Å². The van der Waals surface area contributed by atoms with Gasteiger partial charge in [0.25, 0.3) is 0 Å². The number of hydrogen-bond donors (Lipinski definition) is 1. The monoisotopic (exact) mass is 209 g/mol. The van der Waals surface area contributed by atoms with Crippen LogP contribution >= 0.6 is 11.8 Å². The van der Waals surface area contributed by atoms with E-state index in [1.807, 2.05) is 6.92 Å². The quantitative estimate of drug-likeness (QED) is 0.773. The fourth-order valence-electron chi connectivity index (χ4n) is 1.71. The number of aromatic nitrogens is 1. The molecular formula is C11H15NOS. The molecule has 1 atom stereocenters. The summed E-state index contributed by atoms with van der Waals surface area (Å²) in [4.78, 5) is 4.59. The van der Waals surface area contributed by atoms with Crippen LogP contribution in [0.2, 0.25) is 0 Å². The van der Waals surface area contributed by atoms with Crippen molar-refractivity contribution in [3.8, 4) is 0 Å². The highest BCUT2D eigenvalue weighted by atomic mass is 32.2. The van der Waals surface area contributed by atoms with Crippen molar-refractivity contribution >= 4 is 11.8 Å². The molecule has 0 bridgehead atoms. The van der Waals surface area contributed by atoms with Crippen LogP contribution in [-0.4, -0.2) is 21.9 Å². The van der Waals surface area contributed by atoms with E-state index in [2.05, 4.69) is 17.1 Å². The van der Waals surface area contributed by atoms with Crippen LogP contribution in [0.1, 0.15) is 24.6 Å². The first-order valence-corrected chi connectivity index (χ1v) is 5.94. The average Bonchev–Trinajstić information content (AvgIpc) is 2.64. The summed E-state index contributed by atoms with van der Waals surface area (Å²) in [5.74, 6) is 0. The van der Waals surface area contributed by atoms with E-state index in [0.29, 0.717) is 0 Å². The summed E-state index contributed by atoms with van der Waals surface area (Å²) in [7, 11) is 0. The van der Waals surface area contributed by atoms with Crippen LogP contribution < -0.4 is 0 Å². The largest absolute Gasteiger partial charge is 0.395 e. The van der Waals surface area contributed by atoms with Gasteiger partial charge in [0.2, 0.25) is 0 Å². The number of aliphatic hydroxyl groups excluding tert-OH is 1. The summed E-state index contributed by atoms with van der Waals surface area (Å²) in [5, 5.41) is 10.2. The molecule has 0 saturated carbocycles. The standard InChI is InChI=1S/C11H15NOS/c1-8(7-13)14-11-6-5-9-3-2-4-10(9)12-11/h5-6,8,13H,2-4,7H2,1H3. The number of pyridine rings is 1. The summed E-state index contributed by atoms with van der Waals surface area (Å²) >= 11 is 1.65. The number of aryl methyl sites for hydroxylation is 2. The first kappa shape index (κ1) is 9.99. The molecule has 1 aliphatic rings. The molecule has 1 unspecified atom stereocenters. The SMILES string of the molecule is CC(CO)Sc1ccc2c(n1)CCC2. The maximum Gasteiger partial charge on any atom is 0.0966 e. The van der Waals surface area contributed by atoms with Crippen molar-refractivity contribution in [2.24, 2.45) is 0 Å². The van der Waals surface area contributed by atoms with Crippen molar-refractivity contribution in [1.82, 2.24) is 4.98 Å². The van der Waals surface area contributed by atoms with E-state index in [-0.39, 0.29) is 11.9 Å². The third kappa shape index (κ3) is 2.10. The van der Waals surface area contributed by atoms with E-state index in [1.165, 1.54) is 24.1 Å². The summed E-state index contributed by atoms with van der Waals surface area (Å²) in [6.45, 7) is 2.23. The molecule has 14 heavy (non-hydrogen) atoms.